The Kier molecular flexibility index (Phi) is 14.6. The molecule has 19 heavy (non-hydrogen) atoms. The number of nitrogens with two attached hydrogens (primary N) is 1. The standard InChI is InChI=1S/C17H33NO/c1-2-3-4-5-6-7-8-9-10-11-12-13-14-15-16-17(18)19/h11-12H,2-10,13-16H2,1H3,(H2,18,19). The summed E-state index contributed by atoms with van der Waals surface area (Å²) in [6, 6.07) is 0. The van der Waals surface area contributed by atoms with E-state index < -0.39 is 0 Å². The van der Waals surface area contributed by atoms with E-state index in [0.717, 1.165) is 19.3 Å². The minimum absolute atomic E-state index is 0.178. The van der Waals surface area contributed by atoms with Gasteiger partial charge >= 0.3 is 0 Å². The van der Waals surface area contributed by atoms with Crippen LogP contribution >= 0.6 is 0 Å². The predicted molar refractivity (Wildman–Crippen MR) is 84.0 cm³/mol. The zero-order valence-corrected chi connectivity index (χ0v) is 12.8. The molecular formula is C17H33NO. The molecule has 0 aromatic heterocycles. The number of hydrogen-bond donors (Lipinski definition) is 1. The smallest absolute Gasteiger partial charge is 0.217 e. The molecule has 0 atom stereocenters. The third-order valence-corrected chi connectivity index (χ3v) is 3.43. The second kappa shape index (κ2) is 15.3. The number of amides is 1. The second-order valence-electron chi connectivity index (χ2n) is 5.45. The Labute approximate surface area is 119 Å². The number of allylic oxidation sites excluding steroid dienone is 2. The highest BCUT2D eigenvalue weighted by molar-refractivity contribution is 5.73. The van der Waals surface area contributed by atoms with Crippen LogP contribution in [0, 0.1) is 0 Å². The SMILES string of the molecule is CCCCCCCCCCC=CCCCCC(N)=O. The van der Waals surface area contributed by atoms with Gasteiger partial charge in [-0.05, 0) is 32.1 Å². The molecule has 0 saturated heterocycles. The summed E-state index contributed by atoms with van der Waals surface area (Å²) in [6.07, 6.45) is 20.5. The largest absolute Gasteiger partial charge is 0.370 e. The number of rotatable bonds is 14. The first-order chi connectivity index (χ1) is 9.27. The van der Waals surface area contributed by atoms with E-state index in [-0.39, 0.29) is 5.91 Å². The number of primary amides is 1. The molecule has 0 aliphatic heterocycles. The minimum Gasteiger partial charge on any atom is -0.370 e. The maximum atomic E-state index is 10.5. The fourth-order valence-corrected chi connectivity index (χ4v) is 2.19. The van der Waals surface area contributed by atoms with Crippen LogP contribution in [0.3, 0.4) is 0 Å². The molecule has 1 amide bonds. The molecule has 2 heteroatoms. The van der Waals surface area contributed by atoms with Crippen molar-refractivity contribution in [3.05, 3.63) is 12.2 Å². The highest BCUT2D eigenvalue weighted by Gasteiger charge is 1.92. The van der Waals surface area contributed by atoms with Gasteiger partial charge in [-0.2, -0.15) is 0 Å². The van der Waals surface area contributed by atoms with Gasteiger partial charge in [0.1, 0.15) is 0 Å². The van der Waals surface area contributed by atoms with Crippen LogP contribution in [0.1, 0.15) is 90.4 Å². The van der Waals surface area contributed by atoms with Gasteiger partial charge in [0, 0.05) is 6.42 Å². The summed E-state index contributed by atoms with van der Waals surface area (Å²) in [4.78, 5) is 10.5. The number of carbonyl (C=O) groups excluding carboxylic acids is 1. The molecular weight excluding hydrogens is 234 g/mol. The normalized spacial score (nSPS) is 11.2. The van der Waals surface area contributed by atoms with Crippen molar-refractivity contribution < 1.29 is 4.79 Å². The summed E-state index contributed by atoms with van der Waals surface area (Å²) in [7, 11) is 0. The molecule has 0 unspecified atom stereocenters. The first kappa shape index (κ1) is 18.2. The van der Waals surface area contributed by atoms with Crippen molar-refractivity contribution in [1.82, 2.24) is 0 Å². The molecule has 0 spiro atoms. The molecule has 0 bridgehead atoms. The third kappa shape index (κ3) is 17.2. The van der Waals surface area contributed by atoms with Crippen molar-refractivity contribution in [2.24, 2.45) is 5.73 Å². The molecule has 2 N–H and O–H groups in total. The third-order valence-electron chi connectivity index (χ3n) is 3.43. The van der Waals surface area contributed by atoms with Gasteiger partial charge in [0.2, 0.25) is 5.91 Å². The first-order valence-corrected chi connectivity index (χ1v) is 8.20. The lowest BCUT2D eigenvalue weighted by Crippen LogP contribution is -2.09. The van der Waals surface area contributed by atoms with E-state index in [1.165, 1.54) is 57.8 Å². The van der Waals surface area contributed by atoms with Crippen LogP contribution in [0.2, 0.25) is 0 Å². The van der Waals surface area contributed by atoms with E-state index in [0.29, 0.717) is 6.42 Å². The predicted octanol–water partition coefficient (Wildman–Crippen LogP) is 5.12. The van der Waals surface area contributed by atoms with Crippen LogP contribution in [0.15, 0.2) is 12.2 Å². The number of carbonyl (C=O) groups is 1. The van der Waals surface area contributed by atoms with Gasteiger partial charge in [0.15, 0.2) is 0 Å². The van der Waals surface area contributed by atoms with Crippen LogP contribution < -0.4 is 5.73 Å². The summed E-state index contributed by atoms with van der Waals surface area (Å²) in [5, 5.41) is 0. The van der Waals surface area contributed by atoms with Gasteiger partial charge in [-0.15, -0.1) is 0 Å². The number of unbranched alkanes of at least 4 members (excludes halogenated alkanes) is 10. The van der Waals surface area contributed by atoms with Crippen molar-refractivity contribution in [2.45, 2.75) is 90.4 Å². The van der Waals surface area contributed by atoms with Gasteiger partial charge in [0.25, 0.3) is 0 Å². The molecule has 0 heterocycles. The van der Waals surface area contributed by atoms with Gasteiger partial charge in [-0.25, -0.2) is 0 Å². The summed E-state index contributed by atoms with van der Waals surface area (Å²) in [5.41, 5.74) is 5.08. The highest BCUT2D eigenvalue weighted by atomic mass is 16.1. The fourth-order valence-electron chi connectivity index (χ4n) is 2.19. The first-order valence-electron chi connectivity index (χ1n) is 8.20. The Morgan fingerprint density at radius 2 is 1.26 bits per heavy atom. The maximum Gasteiger partial charge on any atom is 0.217 e. The van der Waals surface area contributed by atoms with Crippen molar-refractivity contribution in [2.75, 3.05) is 0 Å². The van der Waals surface area contributed by atoms with Crippen LogP contribution in [-0.4, -0.2) is 5.91 Å². The highest BCUT2D eigenvalue weighted by Crippen LogP contribution is 2.10. The molecule has 0 aliphatic rings. The number of hydrogen-bond acceptors (Lipinski definition) is 1. The van der Waals surface area contributed by atoms with E-state index in [1.807, 2.05) is 0 Å². The summed E-state index contributed by atoms with van der Waals surface area (Å²) < 4.78 is 0. The van der Waals surface area contributed by atoms with E-state index in [1.54, 1.807) is 0 Å². The zero-order chi connectivity index (χ0) is 14.2. The quantitative estimate of drug-likeness (QED) is 0.344. The Balaban J connectivity index is 3.06. The summed E-state index contributed by atoms with van der Waals surface area (Å²) in [6.45, 7) is 2.26. The lowest BCUT2D eigenvalue weighted by Gasteiger charge is -1.99. The molecule has 0 radical (unpaired) electrons. The lowest BCUT2D eigenvalue weighted by atomic mass is 10.1. The van der Waals surface area contributed by atoms with Crippen LogP contribution in [-0.2, 0) is 4.79 Å². The van der Waals surface area contributed by atoms with E-state index in [4.69, 9.17) is 5.73 Å². The average Bonchev–Trinajstić information content (AvgIpc) is 2.39. The average molecular weight is 267 g/mol. The van der Waals surface area contributed by atoms with Gasteiger partial charge in [-0.1, -0.05) is 64.0 Å². The Morgan fingerprint density at radius 1 is 0.789 bits per heavy atom. The Hall–Kier alpha value is -0.790. The molecule has 112 valence electrons. The maximum absolute atomic E-state index is 10.5. The van der Waals surface area contributed by atoms with E-state index in [9.17, 15) is 4.79 Å². The Morgan fingerprint density at radius 3 is 1.79 bits per heavy atom. The van der Waals surface area contributed by atoms with Crippen molar-refractivity contribution >= 4 is 5.91 Å². The van der Waals surface area contributed by atoms with Crippen molar-refractivity contribution in [3.8, 4) is 0 Å². The van der Waals surface area contributed by atoms with E-state index in [2.05, 4.69) is 19.1 Å². The Bertz CT molecular complexity index is 223. The summed E-state index contributed by atoms with van der Waals surface area (Å²) in [5.74, 6) is -0.178. The van der Waals surface area contributed by atoms with Gasteiger partial charge < -0.3 is 5.73 Å². The van der Waals surface area contributed by atoms with Crippen LogP contribution in [0.5, 0.6) is 0 Å². The molecule has 0 aliphatic carbocycles. The minimum atomic E-state index is -0.178. The molecule has 0 fully saturated rings. The van der Waals surface area contributed by atoms with Crippen LogP contribution in [0.25, 0.3) is 0 Å². The topological polar surface area (TPSA) is 43.1 Å². The van der Waals surface area contributed by atoms with E-state index >= 15 is 0 Å². The molecule has 0 aromatic rings. The lowest BCUT2D eigenvalue weighted by molar-refractivity contribution is -0.118. The van der Waals surface area contributed by atoms with Crippen molar-refractivity contribution in [1.29, 1.82) is 0 Å². The molecule has 0 rings (SSSR count). The van der Waals surface area contributed by atoms with Crippen molar-refractivity contribution in [3.63, 3.8) is 0 Å². The fraction of sp³-hybridized carbons (Fsp3) is 0.824. The van der Waals surface area contributed by atoms with Crippen LogP contribution in [0.4, 0.5) is 0 Å². The molecule has 0 aromatic carbocycles. The second-order valence-corrected chi connectivity index (χ2v) is 5.45. The summed E-state index contributed by atoms with van der Waals surface area (Å²) >= 11 is 0. The molecule has 2 nitrogen and oxygen atoms in total. The molecule has 0 saturated carbocycles. The van der Waals surface area contributed by atoms with Gasteiger partial charge in [0.05, 0.1) is 0 Å². The van der Waals surface area contributed by atoms with Gasteiger partial charge in [-0.3, -0.25) is 4.79 Å². The monoisotopic (exact) mass is 267 g/mol. The zero-order valence-electron chi connectivity index (χ0n) is 12.8.